The molecule has 0 aromatic heterocycles. The van der Waals surface area contributed by atoms with Gasteiger partial charge < -0.3 is 0 Å². The van der Waals surface area contributed by atoms with Crippen LogP contribution in [0.4, 0.5) is 0 Å². The van der Waals surface area contributed by atoms with Gasteiger partial charge in [-0.25, -0.2) is 0 Å². The quantitative estimate of drug-likeness (QED) is 0.666. The largest absolute Gasteiger partial charge is 0.124 e. The Morgan fingerprint density at radius 3 is 2.53 bits per heavy atom. The first-order chi connectivity index (χ1) is 8.36. The fourth-order valence-corrected chi connectivity index (χ4v) is 1.48. The van der Waals surface area contributed by atoms with E-state index in [2.05, 4.69) is 62.8 Å². The maximum atomic E-state index is 4.00. The van der Waals surface area contributed by atoms with Crippen LogP contribution in [0.3, 0.4) is 0 Å². The van der Waals surface area contributed by atoms with Gasteiger partial charge in [0.2, 0.25) is 0 Å². The van der Waals surface area contributed by atoms with Crippen molar-refractivity contribution in [3.63, 3.8) is 0 Å². The Labute approximate surface area is 106 Å². The zero-order valence-electron chi connectivity index (χ0n) is 11.0. The van der Waals surface area contributed by atoms with Gasteiger partial charge in [0.05, 0.1) is 0 Å². The molecule has 0 unspecified atom stereocenters. The molecule has 0 spiro atoms. The third-order valence-electron chi connectivity index (χ3n) is 2.35. The highest BCUT2D eigenvalue weighted by atomic mass is 14.0. The fourth-order valence-electron chi connectivity index (χ4n) is 1.48. The van der Waals surface area contributed by atoms with E-state index in [1.165, 1.54) is 24.8 Å². The van der Waals surface area contributed by atoms with Crippen LogP contribution in [0, 0.1) is 24.7 Å². The summed E-state index contributed by atoms with van der Waals surface area (Å²) < 4.78 is 0. The average molecular weight is 226 g/mol. The molecule has 1 rings (SSSR count). The molecule has 1 aromatic rings. The third-order valence-corrected chi connectivity index (χ3v) is 2.35. The highest BCUT2D eigenvalue weighted by Gasteiger charge is 1.93. The second-order valence-corrected chi connectivity index (χ2v) is 3.86. The molecule has 0 heterocycles. The summed E-state index contributed by atoms with van der Waals surface area (Å²) in [6.45, 7) is 4.39. The van der Waals surface area contributed by atoms with E-state index in [0.29, 0.717) is 0 Å². The van der Waals surface area contributed by atoms with Crippen LogP contribution in [0.5, 0.6) is 0 Å². The molecule has 0 nitrogen and oxygen atoms in total. The first kappa shape index (κ1) is 15.3. The number of hydrogen-bond donors (Lipinski definition) is 0. The van der Waals surface area contributed by atoms with Crippen molar-refractivity contribution in [1.82, 2.24) is 0 Å². The molecule has 17 heavy (non-hydrogen) atoms. The predicted molar refractivity (Wildman–Crippen MR) is 76.7 cm³/mol. The molecule has 0 saturated carbocycles. The van der Waals surface area contributed by atoms with Crippen LogP contribution in [0.25, 0.3) is 0 Å². The van der Waals surface area contributed by atoms with Crippen molar-refractivity contribution in [1.29, 1.82) is 0 Å². The van der Waals surface area contributed by atoms with Crippen molar-refractivity contribution in [2.24, 2.45) is 0 Å². The second-order valence-electron chi connectivity index (χ2n) is 3.86. The van der Waals surface area contributed by atoms with E-state index in [0.717, 1.165) is 18.4 Å². The van der Waals surface area contributed by atoms with E-state index >= 15 is 0 Å². The summed E-state index contributed by atoms with van der Waals surface area (Å²) >= 11 is 0. The minimum absolute atomic E-state index is 0.999. The van der Waals surface area contributed by atoms with Gasteiger partial charge in [0.1, 0.15) is 0 Å². The number of terminal acetylenes is 1. The van der Waals surface area contributed by atoms with Crippen molar-refractivity contribution in [2.45, 2.75) is 46.0 Å². The molecule has 90 valence electrons. The van der Waals surface area contributed by atoms with Gasteiger partial charge in [-0.05, 0) is 37.0 Å². The van der Waals surface area contributed by atoms with Crippen LogP contribution in [-0.4, -0.2) is 0 Å². The smallest absolute Gasteiger partial charge is 0.0247 e. The van der Waals surface area contributed by atoms with Gasteiger partial charge in [0.15, 0.2) is 0 Å². The lowest BCUT2D eigenvalue weighted by Crippen LogP contribution is -1.85. The molecule has 0 bridgehead atoms. The van der Waals surface area contributed by atoms with Crippen molar-refractivity contribution in [2.75, 3.05) is 0 Å². The Morgan fingerprint density at radius 1 is 1.12 bits per heavy atom. The normalized spacial score (nSPS) is 8.47. The van der Waals surface area contributed by atoms with Gasteiger partial charge in [0, 0.05) is 12.0 Å². The minimum atomic E-state index is 0.999. The van der Waals surface area contributed by atoms with Crippen molar-refractivity contribution in [3.8, 4) is 24.7 Å². The molecule has 1 aromatic carbocycles. The zero-order chi connectivity index (χ0) is 12.9. The first-order valence-corrected chi connectivity index (χ1v) is 6.28. The molecule has 0 aliphatic heterocycles. The fraction of sp³-hybridized carbons (Fsp3) is 0.412. The molecular weight excluding hydrogens is 204 g/mol. The summed E-state index contributed by atoms with van der Waals surface area (Å²) in [4.78, 5) is 0. The van der Waals surface area contributed by atoms with Gasteiger partial charge in [-0.3, -0.25) is 0 Å². The molecule has 0 atom stereocenters. The van der Waals surface area contributed by atoms with E-state index in [1.807, 2.05) is 0 Å². The highest BCUT2D eigenvalue weighted by molar-refractivity contribution is 5.37. The Morgan fingerprint density at radius 2 is 1.88 bits per heavy atom. The predicted octanol–water partition coefficient (Wildman–Crippen LogP) is 4.43. The molecule has 0 N–H and O–H groups in total. The van der Waals surface area contributed by atoms with Gasteiger partial charge in [0.25, 0.3) is 0 Å². The molecule has 0 fully saturated rings. The van der Waals surface area contributed by atoms with Crippen LogP contribution in [0.1, 0.15) is 50.7 Å². The highest BCUT2D eigenvalue weighted by Crippen LogP contribution is 2.07. The minimum Gasteiger partial charge on any atom is -0.124 e. The van der Waals surface area contributed by atoms with E-state index in [9.17, 15) is 0 Å². The number of hydrogen-bond acceptors (Lipinski definition) is 0. The second kappa shape index (κ2) is 10.8. The molecule has 0 saturated heterocycles. The Bertz CT molecular complexity index is 374. The summed E-state index contributed by atoms with van der Waals surface area (Å²) in [6, 6.07) is 8.62. The van der Waals surface area contributed by atoms with Crippen LogP contribution in [-0.2, 0) is 6.42 Å². The molecular formula is C17H22. The van der Waals surface area contributed by atoms with E-state index in [4.69, 9.17) is 0 Å². The van der Waals surface area contributed by atoms with Gasteiger partial charge in [-0.1, -0.05) is 44.2 Å². The van der Waals surface area contributed by atoms with E-state index < -0.39 is 0 Å². The average Bonchev–Trinajstić information content (AvgIpc) is 2.40. The molecule has 0 amide bonds. The van der Waals surface area contributed by atoms with Crippen molar-refractivity contribution in [3.05, 3.63) is 35.4 Å². The molecule has 0 heteroatoms. The summed E-state index contributed by atoms with van der Waals surface area (Å²) in [5.41, 5.74) is 2.58. The van der Waals surface area contributed by atoms with E-state index in [1.54, 1.807) is 0 Å². The van der Waals surface area contributed by atoms with Crippen LogP contribution in [0.15, 0.2) is 24.3 Å². The Kier molecular flexibility index (Phi) is 9.79. The maximum Gasteiger partial charge on any atom is 0.0247 e. The summed E-state index contributed by atoms with van der Waals surface area (Å²) in [5.74, 6) is 6.40. The monoisotopic (exact) mass is 226 g/mol. The Hall–Kier alpha value is -1.66. The summed E-state index contributed by atoms with van der Waals surface area (Å²) in [6.07, 6.45) is 13.8. The summed E-state index contributed by atoms with van der Waals surface area (Å²) in [5, 5.41) is 0. The van der Waals surface area contributed by atoms with Crippen LogP contribution >= 0.6 is 0 Å². The topological polar surface area (TPSA) is 0 Å². The van der Waals surface area contributed by atoms with Gasteiger partial charge in [-0.15, -0.1) is 12.8 Å². The first-order valence-electron chi connectivity index (χ1n) is 6.28. The van der Waals surface area contributed by atoms with Crippen LogP contribution < -0.4 is 0 Å². The maximum absolute atomic E-state index is 4.00. The van der Waals surface area contributed by atoms with Crippen molar-refractivity contribution >= 4 is 0 Å². The number of rotatable bonds is 4. The summed E-state index contributed by atoms with van der Waals surface area (Å²) in [7, 11) is 0. The standard InChI is InChI=1S/C15H20.C2H2/c1-3-5-7-10-15-12-8-11-14(13-15)9-6-4-2;1-2/h8,11-13H,3-6,9H2,1-2H3;1-2H. The SMILES string of the molecule is C#C.CCCC#Cc1cccc(CCCC)c1. The van der Waals surface area contributed by atoms with Crippen molar-refractivity contribution < 1.29 is 0 Å². The third kappa shape index (κ3) is 7.26. The lowest BCUT2D eigenvalue weighted by molar-refractivity contribution is 0.795. The lowest BCUT2D eigenvalue weighted by Gasteiger charge is -1.99. The van der Waals surface area contributed by atoms with E-state index in [-0.39, 0.29) is 0 Å². The number of benzene rings is 1. The molecule has 0 aliphatic rings. The lowest BCUT2D eigenvalue weighted by atomic mass is 10.1. The van der Waals surface area contributed by atoms with Crippen LogP contribution in [0.2, 0.25) is 0 Å². The Balaban J connectivity index is 0.00000121. The molecule has 0 aliphatic carbocycles. The molecule has 0 radical (unpaired) electrons. The van der Waals surface area contributed by atoms with Gasteiger partial charge >= 0.3 is 0 Å². The van der Waals surface area contributed by atoms with Gasteiger partial charge in [-0.2, -0.15) is 0 Å². The zero-order valence-corrected chi connectivity index (χ0v) is 11.0. The number of aryl methyl sites for hydroxylation is 1. The number of unbranched alkanes of at least 4 members (excludes halogenated alkanes) is 2.